The van der Waals surface area contributed by atoms with Crippen molar-refractivity contribution in [3.8, 4) is 0 Å². The third-order valence-corrected chi connectivity index (χ3v) is 7.34. The molecule has 0 saturated heterocycles. The molecule has 2 N–H and O–H groups in total. The highest BCUT2D eigenvalue weighted by molar-refractivity contribution is 5.35. The van der Waals surface area contributed by atoms with Crippen LogP contribution in [-0.2, 0) is 0 Å². The van der Waals surface area contributed by atoms with Crippen LogP contribution in [0.1, 0.15) is 73.1 Å². The summed E-state index contributed by atoms with van der Waals surface area (Å²) in [5.41, 5.74) is 4.50. The van der Waals surface area contributed by atoms with Crippen LogP contribution in [-0.4, -0.2) is 22.4 Å². The molecule has 0 aromatic rings. The molecule has 0 aromatic heterocycles. The molecule has 0 aromatic carbocycles. The van der Waals surface area contributed by atoms with Crippen LogP contribution in [0.25, 0.3) is 0 Å². The third-order valence-electron chi connectivity index (χ3n) is 7.34. The van der Waals surface area contributed by atoms with Gasteiger partial charge in [-0.25, -0.2) is 0 Å². The molecule has 2 nitrogen and oxygen atoms in total. The zero-order valence-electron chi connectivity index (χ0n) is 16.7. The number of fused-ring (bicyclic) bond motifs is 1. The molecule has 0 amide bonds. The van der Waals surface area contributed by atoms with E-state index in [2.05, 4.69) is 52.8 Å². The van der Waals surface area contributed by atoms with Gasteiger partial charge in [0, 0.05) is 11.8 Å². The first-order chi connectivity index (χ1) is 11.7. The summed E-state index contributed by atoms with van der Waals surface area (Å²) >= 11 is 0. The first-order valence-corrected chi connectivity index (χ1v) is 10.1. The van der Waals surface area contributed by atoms with E-state index in [-0.39, 0.29) is 5.41 Å². The van der Waals surface area contributed by atoms with E-state index in [0.29, 0.717) is 30.1 Å². The lowest BCUT2D eigenvalue weighted by atomic mass is 9.62. The summed E-state index contributed by atoms with van der Waals surface area (Å²) in [6, 6.07) is 0. The maximum absolute atomic E-state index is 10.4. The summed E-state index contributed by atoms with van der Waals surface area (Å²) < 4.78 is 0. The van der Waals surface area contributed by atoms with Gasteiger partial charge in [0.15, 0.2) is 0 Å². The quantitative estimate of drug-likeness (QED) is 0.678. The zero-order chi connectivity index (χ0) is 18.4. The summed E-state index contributed by atoms with van der Waals surface area (Å²) in [5.74, 6) is 1.27. The Balaban J connectivity index is 1.87. The molecule has 4 atom stereocenters. The van der Waals surface area contributed by atoms with E-state index >= 15 is 0 Å². The number of hydrogen-bond donors (Lipinski definition) is 2. The van der Waals surface area contributed by atoms with Crippen LogP contribution >= 0.6 is 0 Å². The van der Waals surface area contributed by atoms with Crippen LogP contribution in [0.4, 0.5) is 0 Å². The lowest BCUT2D eigenvalue weighted by molar-refractivity contribution is -0.00659. The molecular weight excluding hydrogens is 308 g/mol. The van der Waals surface area contributed by atoms with Crippen molar-refractivity contribution >= 4 is 0 Å². The number of rotatable bonds is 2. The predicted octanol–water partition coefficient (Wildman–Crippen LogP) is 5.17. The molecule has 0 spiro atoms. The highest BCUT2D eigenvalue weighted by Gasteiger charge is 2.45. The van der Waals surface area contributed by atoms with Crippen molar-refractivity contribution in [1.29, 1.82) is 0 Å². The van der Waals surface area contributed by atoms with Crippen molar-refractivity contribution in [2.45, 2.75) is 85.4 Å². The lowest BCUT2D eigenvalue weighted by Gasteiger charge is -2.42. The highest BCUT2D eigenvalue weighted by Crippen LogP contribution is 2.56. The van der Waals surface area contributed by atoms with Crippen LogP contribution in [0.15, 0.2) is 34.9 Å². The third kappa shape index (κ3) is 3.28. The van der Waals surface area contributed by atoms with Crippen molar-refractivity contribution in [2.24, 2.45) is 22.7 Å². The van der Waals surface area contributed by atoms with Gasteiger partial charge < -0.3 is 10.2 Å². The molecule has 2 heteroatoms. The highest BCUT2D eigenvalue weighted by atomic mass is 16.3. The van der Waals surface area contributed by atoms with Gasteiger partial charge in [-0.2, -0.15) is 0 Å². The molecule has 3 aliphatic rings. The Morgan fingerprint density at radius 1 is 1.16 bits per heavy atom. The largest absolute Gasteiger partial charge is 0.393 e. The number of hydrogen-bond acceptors (Lipinski definition) is 2. The lowest BCUT2D eigenvalue weighted by Crippen LogP contribution is -2.40. The van der Waals surface area contributed by atoms with Crippen LogP contribution < -0.4 is 0 Å². The first-order valence-electron chi connectivity index (χ1n) is 10.1. The van der Waals surface area contributed by atoms with Crippen molar-refractivity contribution in [1.82, 2.24) is 0 Å². The first kappa shape index (κ1) is 18.9. The molecular formula is C23H36O2. The molecule has 3 rings (SSSR count). The van der Waals surface area contributed by atoms with E-state index in [1.807, 2.05) is 0 Å². The van der Waals surface area contributed by atoms with Gasteiger partial charge in [-0.05, 0) is 49.4 Å². The Morgan fingerprint density at radius 3 is 2.56 bits per heavy atom. The van der Waals surface area contributed by atoms with Crippen molar-refractivity contribution in [2.75, 3.05) is 0 Å². The molecule has 1 unspecified atom stereocenters. The molecule has 0 bridgehead atoms. The fourth-order valence-electron chi connectivity index (χ4n) is 5.60. The Kier molecular flexibility index (Phi) is 5.07. The summed E-state index contributed by atoms with van der Waals surface area (Å²) in [6.07, 6.45) is 12.3. The second-order valence-corrected chi connectivity index (χ2v) is 9.64. The van der Waals surface area contributed by atoms with Crippen LogP contribution in [0.2, 0.25) is 0 Å². The Morgan fingerprint density at radius 2 is 1.88 bits per heavy atom. The summed E-state index contributed by atoms with van der Waals surface area (Å²) in [5, 5.41) is 20.4. The Labute approximate surface area is 153 Å². The molecule has 3 aliphatic carbocycles. The molecule has 2 fully saturated rings. The molecule has 25 heavy (non-hydrogen) atoms. The fourth-order valence-corrected chi connectivity index (χ4v) is 5.60. The van der Waals surface area contributed by atoms with Gasteiger partial charge in [-0.1, -0.05) is 69.6 Å². The Bertz CT molecular complexity index is 608. The molecule has 2 saturated carbocycles. The van der Waals surface area contributed by atoms with Crippen LogP contribution in [0.3, 0.4) is 0 Å². The zero-order valence-corrected chi connectivity index (χ0v) is 16.7. The van der Waals surface area contributed by atoms with Gasteiger partial charge in [0.05, 0.1) is 12.2 Å². The van der Waals surface area contributed by atoms with E-state index in [4.69, 9.17) is 0 Å². The average molecular weight is 345 g/mol. The van der Waals surface area contributed by atoms with E-state index in [1.54, 1.807) is 11.1 Å². The second kappa shape index (κ2) is 6.70. The summed E-state index contributed by atoms with van der Waals surface area (Å²) in [4.78, 5) is 0. The predicted molar refractivity (Wildman–Crippen MR) is 104 cm³/mol. The van der Waals surface area contributed by atoms with Gasteiger partial charge in [0.1, 0.15) is 0 Å². The maximum Gasteiger partial charge on any atom is 0.0653 e. The van der Waals surface area contributed by atoms with Crippen LogP contribution in [0, 0.1) is 22.7 Å². The van der Waals surface area contributed by atoms with E-state index in [0.717, 1.165) is 0 Å². The molecule has 140 valence electrons. The fraction of sp³-hybridized carbons (Fsp3) is 0.739. The molecule has 0 radical (unpaired) electrons. The minimum Gasteiger partial charge on any atom is -0.393 e. The molecule has 0 heterocycles. The second-order valence-electron chi connectivity index (χ2n) is 9.64. The van der Waals surface area contributed by atoms with Gasteiger partial charge in [0.2, 0.25) is 0 Å². The smallest absolute Gasteiger partial charge is 0.0653 e. The van der Waals surface area contributed by atoms with Crippen molar-refractivity contribution < 1.29 is 10.2 Å². The topological polar surface area (TPSA) is 40.5 Å². The summed E-state index contributed by atoms with van der Waals surface area (Å²) in [7, 11) is 0. The van der Waals surface area contributed by atoms with E-state index < -0.39 is 12.2 Å². The number of allylic oxidation sites excluding steroid dienone is 5. The Hall–Kier alpha value is -0.860. The number of aliphatic hydroxyl groups excluding tert-OH is 2. The SMILES string of the molecule is CC(C)C1=CCC2/C(=C/C=C3/C[C@@H](O)C[C@H](O)C3(C)C)CCC[C@]12C. The van der Waals surface area contributed by atoms with E-state index in [1.165, 1.54) is 31.3 Å². The van der Waals surface area contributed by atoms with Gasteiger partial charge in [0.25, 0.3) is 0 Å². The van der Waals surface area contributed by atoms with Crippen molar-refractivity contribution in [3.63, 3.8) is 0 Å². The maximum atomic E-state index is 10.4. The monoisotopic (exact) mass is 344 g/mol. The number of aliphatic hydroxyl groups is 2. The van der Waals surface area contributed by atoms with E-state index in [9.17, 15) is 10.2 Å². The average Bonchev–Trinajstić information content (AvgIpc) is 2.87. The van der Waals surface area contributed by atoms with Gasteiger partial charge in [-0.15, -0.1) is 0 Å². The minimum absolute atomic E-state index is 0.245. The van der Waals surface area contributed by atoms with Gasteiger partial charge in [-0.3, -0.25) is 0 Å². The standard InChI is InChI=1S/C23H36O2/c1-15(2)19-10-11-20-16(7-6-12-23(19,20)5)8-9-17-13-18(24)14-21(25)22(17,3)4/h8-10,15,18,20-21,24-25H,6-7,11-14H2,1-5H3/b16-8+,17-9-/t18-,20?,21+,23-/m1/s1. The molecule has 0 aliphatic heterocycles. The normalized spacial score (nSPS) is 41.3. The van der Waals surface area contributed by atoms with Gasteiger partial charge >= 0.3 is 0 Å². The minimum atomic E-state index is -0.460. The summed E-state index contributed by atoms with van der Waals surface area (Å²) in [6.45, 7) is 11.3. The van der Waals surface area contributed by atoms with Crippen LogP contribution in [0.5, 0.6) is 0 Å². The van der Waals surface area contributed by atoms with Crippen molar-refractivity contribution in [3.05, 3.63) is 34.9 Å².